The van der Waals surface area contributed by atoms with Crippen LogP contribution in [0.1, 0.15) is 42.5 Å². The van der Waals surface area contributed by atoms with Crippen molar-refractivity contribution in [3.63, 3.8) is 0 Å². The molecule has 3 heteroatoms. The molecule has 0 aliphatic carbocycles. The minimum Gasteiger partial charge on any atom is -0.493 e. The second kappa shape index (κ2) is 7.65. The Morgan fingerprint density at radius 2 is 1.78 bits per heavy atom. The molecule has 1 rings (SSSR count). The van der Waals surface area contributed by atoms with Gasteiger partial charge in [-0.3, -0.25) is 0 Å². The molecule has 0 radical (unpaired) electrons. The van der Waals surface area contributed by atoms with Crippen LogP contribution in [-0.4, -0.2) is 12.6 Å². The number of aryl methyl sites for hydroxylation is 1. The van der Waals surface area contributed by atoms with Gasteiger partial charge in [0.15, 0.2) is 0 Å². The van der Waals surface area contributed by atoms with E-state index in [1.807, 2.05) is 6.92 Å². The summed E-state index contributed by atoms with van der Waals surface area (Å²) in [6.45, 7) is 11.3. The fourth-order valence-electron chi connectivity index (χ4n) is 2.15. The van der Waals surface area contributed by atoms with Gasteiger partial charge in [-0.05, 0) is 62.8 Å². The van der Waals surface area contributed by atoms with Gasteiger partial charge in [-0.2, -0.15) is 0 Å². The summed E-state index contributed by atoms with van der Waals surface area (Å²) in [6.07, 6.45) is 1.97. The molecule has 0 heterocycles. The fourth-order valence-corrected chi connectivity index (χ4v) is 2.15. The first-order valence-electron chi connectivity index (χ1n) is 6.49. The third-order valence-electron chi connectivity index (χ3n) is 3.43. The molecular formula is C15H26ClNO. The maximum absolute atomic E-state index is 6.04. The first kappa shape index (κ1) is 17.3. The predicted molar refractivity (Wildman–Crippen MR) is 81.0 cm³/mol. The van der Waals surface area contributed by atoms with E-state index >= 15 is 0 Å². The molecule has 0 saturated carbocycles. The normalized spacial score (nSPS) is 11.9. The summed E-state index contributed by atoms with van der Waals surface area (Å²) in [4.78, 5) is 0. The molecule has 0 saturated heterocycles. The third-order valence-corrected chi connectivity index (χ3v) is 3.43. The summed E-state index contributed by atoms with van der Waals surface area (Å²) < 4.78 is 5.70. The zero-order valence-corrected chi connectivity index (χ0v) is 13.0. The molecule has 18 heavy (non-hydrogen) atoms. The lowest BCUT2D eigenvalue weighted by atomic mass is 9.94. The zero-order chi connectivity index (χ0) is 13.0. The van der Waals surface area contributed by atoms with Crippen LogP contribution >= 0.6 is 12.4 Å². The van der Waals surface area contributed by atoms with Gasteiger partial charge in [-0.1, -0.05) is 13.0 Å². The Morgan fingerprint density at radius 3 is 2.28 bits per heavy atom. The largest absolute Gasteiger partial charge is 0.493 e. The Hall–Kier alpha value is -0.730. The Balaban J connectivity index is 0.00000289. The van der Waals surface area contributed by atoms with Crippen molar-refractivity contribution in [3.8, 4) is 5.75 Å². The highest BCUT2D eigenvalue weighted by Crippen LogP contribution is 2.29. The Bertz CT molecular complexity index is 391. The summed E-state index contributed by atoms with van der Waals surface area (Å²) in [5, 5.41) is 0. The molecule has 0 aromatic heterocycles. The summed E-state index contributed by atoms with van der Waals surface area (Å²) in [5.41, 5.74) is 11.2. The van der Waals surface area contributed by atoms with Crippen molar-refractivity contribution in [3.05, 3.63) is 28.3 Å². The topological polar surface area (TPSA) is 35.2 Å². The Morgan fingerprint density at radius 1 is 1.17 bits per heavy atom. The van der Waals surface area contributed by atoms with Crippen LogP contribution in [-0.2, 0) is 6.42 Å². The number of rotatable bonds is 5. The lowest BCUT2D eigenvalue weighted by Gasteiger charge is -2.18. The Kier molecular flexibility index (Phi) is 7.34. The van der Waals surface area contributed by atoms with Gasteiger partial charge in [0, 0.05) is 6.04 Å². The van der Waals surface area contributed by atoms with Crippen LogP contribution in [0.2, 0.25) is 0 Å². The van der Waals surface area contributed by atoms with Gasteiger partial charge in [0.25, 0.3) is 0 Å². The van der Waals surface area contributed by atoms with Crippen LogP contribution in [0.15, 0.2) is 6.07 Å². The van der Waals surface area contributed by atoms with Gasteiger partial charge in [-0.15, -0.1) is 12.4 Å². The number of hydrogen-bond acceptors (Lipinski definition) is 2. The van der Waals surface area contributed by atoms with Crippen LogP contribution in [0.25, 0.3) is 0 Å². The highest BCUT2D eigenvalue weighted by atomic mass is 35.5. The minimum atomic E-state index is 0. The molecule has 1 aromatic carbocycles. The van der Waals surface area contributed by atoms with Crippen molar-refractivity contribution < 1.29 is 4.74 Å². The van der Waals surface area contributed by atoms with Gasteiger partial charge in [0.05, 0.1) is 6.61 Å². The first-order chi connectivity index (χ1) is 8.01. The third kappa shape index (κ3) is 3.89. The second-order valence-corrected chi connectivity index (χ2v) is 4.74. The number of halogens is 1. The minimum absolute atomic E-state index is 0. The van der Waals surface area contributed by atoms with E-state index in [1.165, 1.54) is 22.3 Å². The molecule has 0 amide bonds. The van der Waals surface area contributed by atoms with E-state index in [1.54, 1.807) is 0 Å². The van der Waals surface area contributed by atoms with E-state index in [4.69, 9.17) is 10.5 Å². The van der Waals surface area contributed by atoms with E-state index in [0.29, 0.717) is 0 Å². The predicted octanol–water partition coefficient (Wildman–Crippen LogP) is 3.71. The van der Waals surface area contributed by atoms with Crippen LogP contribution in [0, 0.1) is 20.8 Å². The highest BCUT2D eigenvalue weighted by Gasteiger charge is 2.12. The second-order valence-electron chi connectivity index (χ2n) is 4.74. The fraction of sp³-hybridized carbons (Fsp3) is 0.600. The van der Waals surface area contributed by atoms with Gasteiger partial charge in [0.2, 0.25) is 0 Å². The van der Waals surface area contributed by atoms with E-state index in [0.717, 1.165) is 25.2 Å². The van der Waals surface area contributed by atoms with Gasteiger partial charge < -0.3 is 10.5 Å². The number of hydrogen-bond donors (Lipinski definition) is 1. The van der Waals surface area contributed by atoms with Crippen LogP contribution < -0.4 is 10.5 Å². The van der Waals surface area contributed by atoms with Crippen molar-refractivity contribution in [1.82, 2.24) is 0 Å². The lowest BCUT2D eigenvalue weighted by Crippen LogP contribution is -2.22. The highest BCUT2D eigenvalue weighted by molar-refractivity contribution is 5.85. The molecule has 1 aromatic rings. The first-order valence-corrected chi connectivity index (χ1v) is 6.49. The van der Waals surface area contributed by atoms with E-state index in [2.05, 4.69) is 33.8 Å². The molecule has 1 atom stereocenters. The van der Waals surface area contributed by atoms with Crippen molar-refractivity contribution >= 4 is 12.4 Å². The maximum atomic E-state index is 6.04. The van der Waals surface area contributed by atoms with E-state index in [9.17, 15) is 0 Å². The van der Waals surface area contributed by atoms with E-state index in [-0.39, 0.29) is 18.4 Å². The molecule has 2 nitrogen and oxygen atoms in total. The van der Waals surface area contributed by atoms with Crippen molar-refractivity contribution in [2.45, 2.75) is 53.5 Å². The maximum Gasteiger partial charge on any atom is 0.125 e. The van der Waals surface area contributed by atoms with Gasteiger partial charge >= 0.3 is 0 Å². The molecule has 1 unspecified atom stereocenters. The summed E-state index contributed by atoms with van der Waals surface area (Å²) in [5.74, 6) is 1.04. The summed E-state index contributed by atoms with van der Waals surface area (Å²) >= 11 is 0. The molecule has 0 aliphatic rings. The molecule has 0 bridgehead atoms. The molecule has 0 aliphatic heterocycles. The number of benzene rings is 1. The van der Waals surface area contributed by atoms with Crippen molar-refractivity contribution in [2.24, 2.45) is 5.73 Å². The average molecular weight is 272 g/mol. The monoisotopic (exact) mass is 271 g/mol. The molecule has 2 N–H and O–H groups in total. The molecule has 104 valence electrons. The lowest BCUT2D eigenvalue weighted by molar-refractivity contribution is 0.335. The van der Waals surface area contributed by atoms with Crippen LogP contribution in [0.4, 0.5) is 0 Å². The summed E-state index contributed by atoms with van der Waals surface area (Å²) in [7, 11) is 0. The van der Waals surface area contributed by atoms with Gasteiger partial charge in [-0.25, -0.2) is 0 Å². The molecule has 0 fully saturated rings. The van der Waals surface area contributed by atoms with Crippen LogP contribution in [0.5, 0.6) is 5.75 Å². The average Bonchev–Trinajstić information content (AvgIpc) is 2.31. The molecular weight excluding hydrogens is 246 g/mol. The zero-order valence-electron chi connectivity index (χ0n) is 12.2. The van der Waals surface area contributed by atoms with Crippen molar-refractivity contribution in [2.75, 3.05) is 6.61 Å². The number of ether oxygens (including phenoxy) is 1. The van der Waals surface area contributed by atoms with Crippen molar-refractivity contribution in [1.29, 1.82) is 0 Å². The van der Waals surface area contributed by atoms with Crippen LogP contribution in [0.3, 0.4) is 0 Å². The van der Waals surface area contributed by atoms with E-state index < -0.39 is 0 Å². The smallest absolute Gasteiger partial charge is 0.125 e. The quantitative estimate of drug-likeness (QED) is 0.886. The standard InChI is InChI=1S/C15H25NO.ClH/c1-6-14(16)9-13-8-10(3)15(17-7-2)12(5)11(13)4;/h8,14H,6-7,9,16H2,1-5H3;1H. The molecule has 0 spiro atoms. The Labute approximate surface area is 117 Å². The number of nitrogens with two attached hydrogens (primary N) is 1. The van der Waals surface area contributed by atoms with Gasteiger partial charge in [0.1, 0.15) is 5.75 Å². The SMILES string of the molecule is CCOc1c(C)cc(CC(N)CC)c(C)c1C.Cl. The summed E-state index contributed by atoms with van der Waals surface area (Å²) in [6, 6.07) is 2.48.